The van der Waals surface area contributed by atoms with Gasteiger partial charge in [0.2, 0.25) is 0 Å². The number of hydrogen-bond donors (Lipinski definition) is 1. The third kappa shape index (κ3) is 4.20. The lowest BCUT2D eigenvalue weighted by atomic mass is 10.1. The lowest BCUT2D eigenvalue weighted by molar-refractivity contribution is -0.124. The Bertz CT molecular complexity index is 800. The van der Waals surface area contributed by atoms with Crippen LogP contribution >= 0.6 is 11.3 Å². The highest BCUT2D eigenvalue weighted by Gasteiger charge is 2.23. The van der Waals surface area contributed by atoms with E-state index >= 15 is 0 Å². The van der Waals surface area contributed by atoms with Gasteiger partial charge in [0.25, 0.3) is 5.91 Å². The van der Waals surface area contributed by atoms with Crippen molar-refractivity contribution in [3.63, 3.8) is 0 Å². The molecule has 26 heavy (non-hydrogen) atoms. The van der Waals surface area contributed by atoms with Gasteiger partial charge in [0, 0.05) is 35.9 Å². The molecule has 3 rings (SSSR count). The number of methoxy groups -OCH3 is 1. The molecular weight excluding hydrogens is 361 g/mol. The first-order valence-electron chi connectivity index (χ1n) is 8.34. The molecule has 1 aliphatic heterocycles. The zero-order valence-corrected chi connectivity index (χ0v) is 15.2. The molecule has 1 aromatic heterocycles. The average molecular weight is 381 g/mol. The number of ether oxygens (including phenoxy) is 3. The molecular formula is C18H20FNO5S. The van der Waals surface area contributed by atoms with Gasteiger partial charge in [0.15, 0.2) is 6.61 Å². The second-order valence-electron chi connectivity index (χ2n) is 5.97. The molecule has 0 unspecified atom stereocenters. The maximum absolute atomic E-state index is 14.1. The molecule has 0 aliphatic carbocycles. The third-order valence-corrected chi connectivity index (χ3v) is 5.30. The standard InChI is InChI=1S/C18H20FNO5S/c1-23-9-12-16-13(19)5-2-6-14(16)26-17(12)18(22)25-10-15(21)20-8-11-4-3-7-24-11/h2,5-6,11H,3-4,7-10H2,1H3,(H,20,21)/t11-/m1/s1. The average Bonchev–Trinajstić information content (AvgIpc) is 3.27. The Hall–Kier alpha value is -2.03. The number of nitrogens with one attached hydrogen (secondary N) is 1. The first-order valence-corrected chi connectivity index (χ1v) is 9.16. The molecule has 2 aromatic rings. The number of amides is 1. The molecule has 1 atom stereocenters. The van der Waals surface area contributed by atoms with E-state index in [0.29, 0.717) is 28.8 Å². The fourth-order valence-corrected chi connectivity index (χ4v) is 4.01. The molecule has 8 heteroatoms. The lowest BCUT2D eigenvalue weighted by Crippen LogP contribution is -2.34. The van der Waals surface area contributed by atoms with Crippen LogP contribution in [0.15, 0.2) is 18.2 Å². The van der Waals surface area contributed by atoms with Crippen LogP contribution in [0.4, 0.5) is 4.39 Å². The monoisotopic (exact) mass is 381 g/mol. The Kier molecular flexibility index (Phi) is 6.18. The number of esters is 1. The van der Waals surface area contributed by atoms with Crippen LogP contribution in [0, 0.1) is 5.82 Å². The van der Waals surface area contributed by atoms with E-state index in [1.54, 1.807) is 12.1 Å². The summed E-state index contributed by atoms with van der Waals surface area (Å²) in [5.74, 6) is -1.47. The number of halogens is 1. The highest BCUT2D eigenvalue weighted by molar-refractivity contribution is 7.21. The van der Waals surface area contributed by atoms with E-state index in [-0.39, 0.29) is 17.6 Å². The minimum absolute atomic E-state index is 0.0218. The van der Waals surface area contributed by atoms with Crippen molar-refractivity contribution in [1.29, 1.82) is 0 Å². The number of benzene rings is 1. The summed E-state index contributed by atoms with van der Waals surface area (Å²) in [6, 6.07) is 4.65. The molecule has 0 saturated carbocycles. The van der Waals surface area contributed by atoms with Crippen LogP contribution in [0.3, 0.4) is 0 Å². The van der Waals surface area contributed by atoms with Crippen LogP contribution in [0.5, 0.6) is 0 Å². The fraction of sp³-hybridized carbons (Fsp3) is 0.444. The molecule has 1 aliphatic rings. The van der Waals surface area contributed by atoms with Gasteiger partial charge in [-0.3, -0.25) is 4.79 Å². The minimum Gasteiger partial charge on any atom is -0.451 e. The summed E-state index contributed by atoms with van der Waals surface area (Å²) >= 11 is 1.13. The summed E-state index contributed by atoms with van der Waals surface area (Å²) in [4.78, 5) is 24.5. The molecule has 1 aromatic carbocycles. The largest absolute Gasteiger partial charge is 0.451 e. The summed E-state index contributed by atoms with van der Waals surface area (Å²) in [5.41, 5.74) is 0.440. The summed E-state index contributed by atoms with van der Waals surface area (Å²) in [5, 5.41) is 3.04. The highest BCUT2D eigenvalue weighted by Crippen LogP contribution is 2.34. The summed E-state index contributed by atoms with van der Waals surface area (Å²) in [6.45, 7) is 0.797. The Balaban J connectivity index is 1.64. The maximum atomic E-state index is 14.1. The number of hydrogen-bond acceptors (Lipinski definition) is 6. The van der Waals surface area contributed by atoms with Crippen LogP contribution in [-0.2, 0) is 25.6 Å². The van der Waals surface area contributed by atoms with Crippen molar-refractivity contribution in [1.82, 2.24) is 5.32 Å². The van der Waals surface area contributed by atoms with E-state index in [2.05, 4.69) is 5.32 Å². The molecule has 0 radical (unpaired) electrons. The van der Waals surface area contributed by atoms with Gasteiger partial charge in [-0.1, -0.05) is 6.07 Å². The van der Waals surface area contributed by atoms with Crippen molar-refractivity contribution in [2.45, 2.75) is 25.6 Å². The lowest BCUT2D eigenvalue weighted by Gasteiger charge is -2.11. The van der Waals surface area contributed by atoms with Gasteiger partial charge in [-0.25, -0.2) is 9.18 Å². The molecule has 0 spiro atoms. The Labute approximate surface area is 154 Å². The van der Waals surface area contributed by atoms with Crippen LogP contribution in [0.25, 0.3) is 10.1 Å². The normalized spacial score (nSPS) is 16.8. The predicted molar refractivity (Wildman–Crippen MR) is 94.8 cm³/mol. The van der Waals surface area contributed by atoms with Crippen LogP contribution in [-0.4, -0.2) is 44.8 Å². The van der Waals surface area contributed by atoms with E-state index < -0.39 is 24.3 Å². The van der Waals surface area contributed by atoms with Gasteiger partial charge in [-0.2, -0.15) is 0 Å². The first-order chi connectivity index (χ1) is 12.6. The van der Waals surface area contributed by atoms with Gasteiger partial charge in [0.05, 0.1) is 12.7 Å². The van der Waals surface area contributed by atoms with Crippen molar-refractivity contribution in [3.05, 3.63) is 34.5 Å². The third-order valence-electron chi connectivity index (χ3n) is 4.12. The maximum Gasteiger partial charge on any atom is 0.349 e. The van der Waals surface area contributed by atoms with E-state index in [1.807, 2.05) is 0 Å². The van der Waals surface area contributed by atoms with E-state index in [9.17, 15) is 14.0 Å². The van der Waals surface area contributed by atoms with Crippen LogP contribution in [0.1, 0.15) is 28.1 Å². The Morgan fingerprint density at radius 3 is 3.00 bits per heavy atom. The van der Waals surface area contributed by atoms with Crippen LogP contribution < -0.4 is 5.32 Å². The van der Waals surface area contributed by atoms with Crippen molar-refractivity contribution < 1.29 is 28.2 Å². The topological polar surface area (TPSA) is 73.9 Å². The van der Waals surface area contributed by atoms with Crippen molar-refractivity contribution >= 4 is 33.3 Å². The van der Waals surface area contributed by atoms with Gasteiger partial charge in [-0.05, 0) is 25.0 Å². The molecule has 140 valence electrons. The van der Waals surface area contributed by atoms with Gasteiger partial charge in [0.1, 0.15) is 10.7 Å². The number of rotatable bonds is 7. The highest BCUT2D eigenvalue weighted by atomic mass is 32.1. The molecule has 6 nitrogen and oxygen atoms in total. The molecule has 2 heterocycles. The van der Waals surface area contributed by atoms with E-state index in [1.165, 1.54) is 13.2 Å². The molecule has 1 N–H and O–H groups in total. The SMILES string of the molecule is COCc1c(C(=O)OCC(=O)NC[C@H]2CCCO2)sc2cccc(F)c12. The van der Waals surface area contributed by atoms with Gasteiger partial charge in [-0.15, -0.1) is 11.3 Å². The van der Waals surface area contributed by atoms with E-state index in [4.69, 9.17) is 14.2 Å². The Morgan fingerprint density at radius 1 is 1.42 bits per heavy atom. The smallest absolute Gasteiger partial charge is 0.349 e. The molecule has 1 fully saturated rings. The second-order valence-corrected chi connectivity index (χ2v) is 7.02. The summed E-state index contributed by atoms with van der Waals surface area (Å²) < 4.78 is 30.4. The molecule has 1 amide bonds. The first kappa shape index (κ1) is 18.8. The summed E-state index contributed by atoms with van der Waals surface area (Å²) in [7, 11) is 1.47. The zero-order chi connectivity index (χ0) is 18.5. The molecule has 1 saturated heterocycles. The van der Waals surface area contributed by atoms with Crippen molar-refractivity contribution in [2.75, 3.05) is 26.9 Å². The number of carbonyl (C=O) groups is 2. The van der Waals surface area contributed by atoms with Crippen molar-refractivity contribution in [2.24, 2.45) is 0 Å². The quantitative estimate of drug-likeness (QED) is 0.747. The number of thiophene rings is 1. The second kappa shape index (κ2) is 8.57. The number of carbonyl (C=O) groups excluding carboxylic acids is 2. The van der Waals surface area contributed by atoms with Crippen molar-refractivity contribution in [3.8, 4) is 0 Å². The predicted octanol–water partition coefficient (Wildman–Crippen LogP) is 2.64. The van der Waals surface area contributed by atoms with E-state index in [0.717, 1.165) is 24.2 Å². The van der Waals surface area contributed by atoms with Gasteiger partial charge >= 0.3 is 5.97 Å². The molecule has 0 bridgehead atoms. The fourth-order valence-electron chi connectivity index (χ4n) is 2.89. The van der Waals surface area contributed by atoms with Gasteiger partial charge < -0.3 is 19.5 Å². The summed E-state index contributed by atoms with van der Waals surface area (Å²) in [6.07, 6.45) is 1.92. The van der Waals surface area contributed by atoms with Crippen LogP contribution in [0.2, 0.25) is 0 Å². The minimum atomic E-state index is -0.662. The Morgan fingerprint density at radius 2 is 2.27 bits per heavy atom. The number of fused-ring (bicyclic) bond motifs is 1. The zero-order valence-electron chi connectivity index (χ0n) is 14.4.